The number of benzene rings is 1. The van der Waals surface area contributed by atoms with E-state index in [0.29, 0.717) is 43.6 Å². The van der Waals surface area contributed by atoms with Crippen molar-refractivity contribution in [2.24, 2.45) is 5.92 Å². The number of fused-ring (bicyclic) bond motifs is 1. The molecular formula is C22H22F3N3O2. The van der Waals surface area contributed by atoms with E-state index >= 15 is 0 Å². The molecule has 1 aromatic heterocycles. The van der Waals surface area contributed by atoms with Gasteiger partial charge in [0.1, 0.15) is 5.69 Å². The lowest BCUT2D eigenvalue weighted by Crippen LogP contribution is -2.56. The Labute approximate surface area is 172 Å². The average molecular weight is 417 g/mol. The molecule has 3 heterocycles. The van der Waals surface area contributed by atoms with Crippen molar-refractivity contribution in [3.8, 4) is 0 Å². The highest BCUT2D eigenvalue weighted by molar-refractivity contribution is 5.92. The molecule has 0 saturated carbocycles. The Morgan fingerprint density at radius 2 is 1.87 bits per heavy atom. The van der Waals surface area contributed by atoms with Gasteiger partial charge in [-0.3, -0.25) is 14.6 Å². The molecule has 2 atom stereocenters. The summed E-state index contributed by atoms with van der Waals surface area (Å²) in [6.45, 7) is 1.36. The molecule has 158 valence electrons. The molecule has 0 radical (unpaired) electrons. The van der Waals surface area contributed by atoms with Crippen LogP contribution in [0.1, 0.15) is 40.9 Å². The number of nitrogens with zero attached hydrogens (tertiary/aromatic N) is 3. The van der Waals surface area contributed by atoms with Gasteiger partial charge < -0.3 is 9.80 Å². The van der Waals surface area contributed by atoms with E-state index in [-0.39, 0.29) is 30.3 Å². The van der Waals surface area contributed by atoms with Crippen LogP contribution >= 0.6 is 0 Å². The fourth-order valence-corrected chi connectivity index (χ4v) is 4.39. The fourth-order valence-electron chi connectivity index (χ4n) is 4.39. The molecular weight excluding hydrogens is 395 g/mol. The molecule has 2 aromatic rings. The predicted molar refractivity (Wildman–Crippen MR) is 103 cm³/mol. The minimum absolute atomic E-state index is 0.0127. The SMILES string of the molecule is O=C(c1ccccn1)N1CC[C@H]2[C@H](CCC(=O)N2Cc2ccc(C(F)(F)F)cc2)C1. The van der Waals surface area contributed by atoms with Gasteiger partial charge >= 0.3 is 6.18 Å². The minimum atomic E-state index is -4.38. The number of aromatic nitrogens is 1. The Hall–Kier alpha value is -2.90. The van der Waals surface area contributed by atoms with E-state index in [9.17, 15) is 22.8 Å². The molecule has 5 nitrogen and oxygen atoms in total. The van der Waals surface area contributed by atoms with Crippen LogP contribution < -0.4 is 0 Å². The molecule has 2 aliphatic heterocycles. The largest absolute Gasteiger partial charge is 0.416 e. The molecule has 2 saturated heterocycles. The Morgan fingerprint density at radius 1 is 1.10 bits per heavy atom. The number of amides is 2. The zero-order valence-corrected chi connectivity index (χ0v) is 16.3. The normalized spacial score (nSPS) is 22.0. The lowest BCUT2D eigenvalue weighted by atomic mass is 9.83. The molecule has 0 bridgehead atoms. The van der Waals surface area contributed by atoms with Gasteiger partial charge in [0, 0.05) is 38.3 Å². The van der Waals surface area contributed by atoms with Gasteiger partial charge in [-0.05, 0) is 48.6 Å². The van der Waals surface area contributed by atoms with Crippen LogP contribution in [-0.4, -0.2) is 45.7 Å². The van der Waals surface area contributed by atoms with Crippen molar-refractivity contribution in [3.63, 3.8) is 0 Å². The van der Waals surface area contributed by atoms with E-state index in [2.05, 4.69) is 4.98 Å². The third-order valence-electron chi connectivity index (χ3n) is 5.95. The third-order valence-corrected chi connectivity index (χ3v) is 5.95. The number of rotatable bonds is 3. The van der Waals surface area contributed by atoms with Crippen LogP contribution in [0.4, 0.5) is 13.2 Å². The second kappa shape index (κ2) is 8.08. The maximum absolute atomic E-state index is 12.8. The molecule has 2 amide bonds. The molecule has 4 rings (SSSR count). The van der Waals surface area contributed by atoms with Crippen LogP contribution in [0.2, 0.25) is 0 Å². The number of carbonyl (C=O) groups is 2. The highest BCUT2D eigenvalue weighted by Crippen LogP contribution is 2.34. The predicted octanol–water partition coefficient (Wildman–Crippen LogP) is 3.75. The third kappa shape index (κ3) is 4.17. The van der Waals surface area contributed by atoms with Crippen molar-refractivity contribution < 1.29 is 22.8 Å². The zero-order valence-electron chi connectivity index (χ0n) is 16.3. The number of carbonyl (C=O) groups excluding carboxylic acids is 2. The summed E-state index contributed by atoms with van der Waals surface area (Å²) in [5.74, 6) is 0.0550. The summed E-state index contributed by atoms with van der Waals surface area (Å²) in [5, 5.41) is 0. The van der Waals surface area contributed by atoms with E-state index < -0.39 is 11.7 Å². The molecule has 0 N–H and O–H groups in total. The number of hydrogen-bond acceptors (Lipinski definition) is 3. The van der Waals surface area contributed by atoms with E-state index in [0.717, 1.165) is 12.1 Å². The van der Waals surface area contributed by atoms with Gasteiger partial charge in [0.25, 0.3) is 5.91 Å². The number of alkyl halides is 3. The summed E-state index contributed by atoms with van der Waals surface area (Å²) in [5.41, 5.74) is 0.379. The van der Waals surface area contributed by atoms with E-state index in [1.54, 1.807) is 34.2 Å². The van der Waals surface area contributed by atoms with Gasteiger partial charge in [0.2, 0.25) is 5.91 Å². The van der Waals surface area contributed by atoms with Gasteiger partial charge in [-0.2, -0.15) is 13.2 Å². The molecule has 0 unspecified atom stereocenters. The standard InChI is InChI=1S/C22H22F3N3O2/c23-22(24,25)17-7-4-15(5-8-17)13-28-19-10-12-27(14-16(19)6-9-20(28)29)21(30)18-3-1-2-11-26-18/h1-5,7-8,11,16,19H,6,9-10,12-14H2/t16-,19+/m1/s1. The minimum Gasteiger partial charge on any atom is -0.337 e. The quantitative estimate of drug-likeness (QED) is 0.764. The van der Waals surface area contributed by atoms with Crippen LogP contribution in [-0.2, 0) is 17.5 Å². The average Bonchev–Trinajstić information content (AvgIpc) is 2.75. The summed E-state index contributed by atoms with van der Waals surface area (Å²) < 4.78 is 38.4. The Bertz CT molecular complexity index is 915. The maximum atomic E-state index is 12.8. The first-order chi connectivity index (χ1) is 14.3. The second-order valence-corrected chi connectivity index (χ2v) is 7.84. The molecule has 0 aliphatic carbocycles. The highest BCUT2D eigenvalue weighted by atomic mass is 19.4. The first kappa shape index (κ1) is 20.4. The summed E-state index contributed by atoms with van der Waals surface area (Å²) >= 11 is 0. The Morgan fingerprint density at radius 3 is 2.53 bits per heavy atom. The Balaban J connectivity index is 1.45. The van der Waals surface area contributed by atoms with Crippen molar-refractivity contribution in [3.05, 3.63) is 65.5 Å². The lowest BCUT2D eigenvalue weighted by Gasteiger charge is -2.47. The zero-order chi connectivity index (χ0) is 21.3. The monoisotopic (exact) mass is 417 g/mol. The van der Waals surface area contributed by atoms with Crippen LogP contribution in [0.5, 0.6) is 0 Å². The van der Waals surface area contributed by atoms with E-state index in [1.807, 2.05) is 0 Å². The summed E-state index contributed by atoms with van der Waals surface area (Å²) in [6.07, 6.45) is -1.05. The molecule has 0 spiro atoms. The van der Waals surface area contributed by atoms with Crippen molar-refractivity contribution in [2.75, 3.05) is 13.1 Å². The summed E-state index contributed by atoms with van der Waals surface area (Å²) in [6, 6.07) is 10.2. The maximum Gasteiger partial charge on any atom is 0.416 e. The highest BCUT2D eigenvalue weighted by Gasteiger charge is 2.40. The van der Waals surface area contributed by atoms with Gasteiger partial charge in [-0.15, -0.1) is 0 Å². The lowest BCUT2D eigenvalue weighted by molar-refractivity contribution is -0.141. The molecule has 2 fully saturated rings. The van der Waals surface area contributed by atoms with E-state index in [4.69, 9.17) is 0 Å². The number of pyridine rings is 1. The van der Waals surface area contributed by atoms with E-state index in [1.165, 1.54) is 12.1 Å². The first-order valence-corrected chi connectivity index (χ1v) is 9.99. The molecule has 1 aromatic carbocycles. The van der Waals surface area contributed by atoms with Gasteiger partial charge in [-0.25, -0.2) is 0 Å². The smallest absolute Gasteiger partial charge is 0.337 e. The van der Waals surface area contributed by atoms with Crippen LogP contribution in [0.15, 0.2) is 48.7 Å². The summed E-state index contributed by atoms with van der Waals surface area (Å²) in [4.78, 5) is 33.0. The first-order valence-electron chi connectivity index (χ1n) is 9.99. The second-order valence-electron chi connectivity index (χ2n) is 7.84. The summed E-state index contributed by atoms with van der Waals surface area (Å²) in [7, 11) is 0. The number of likely N-dealkylation sites (tertiary alicyclic amines) is 2. The molecule has 30 heavy (non-hydrogen) atoms. The fraction of sp³-hybridized carbons (Fsp3) is 0.409. The number of piperidine rings is 2. The number of hydrogen-bond donors (Lipinski definition) is 0. The van der Waals surface area contributed by atoms with Crippen molar-refractivity contribution in [2.45, 2.75) is 38.0 Å². The van der Waals surface area contributed by atoms with Crippen LogP contribution in [0.25, 0.3) is 0 Å². The van der Waals surface area contributed by atoms with Gasteiger partial charge in [-0.1, -0.05) is 18.2 Å². The molecule has 2 aliphatic rings. The van der Waals surface area contributed by atoms with Crippen molar-refractivity contribution in [1.82, 2.24) is 14.8 Å². The Kier molecular flexibility index (Phi) is 5.49. The van der Waals surface area contributed by atoms with Crippen LogP contribution in [0.3, 0.4) is 0 Å². The van der Waals surface area contributed by atoms with Crippen molar-refractivity contribution >= 4 is 11.8 Å². The van der Waals surface area contributed by atoms with Crippen molar-refractivity contribution in [1.29, 1.82) is 0 Å². The van der Waals surface area contributed by atoms with Gasteiger partial charge in [0.05, 0.1) is 5.56 Å². The topological polar surface area (TPSA) is 53.5 Å². The molecule has 8 heteroatoms. The number of halogens is 3. The van der Waals surface area contributed by atoms with Gasteiger partial charge in [0.15, 0.2) is 0 Å². The van der Waals surface area contributed by atoms with Crippen LogP contribution in [0, 0.1) is 5.92 Å².